The summed E-state index contributed by atoms with van der Waals surface area (Å²) < 4.78 is 0. The molecule has 1 aromatic carbocycles. The Hall–Kier alpha value is -1.63. The van der Waals surface area contributed by atoms with E-state index in [1.54, 1.807) is 0 Å². The summed E-state index contributed by atoms with van der Waals surface area (Å²) in [5, 5.41) is 8.02. The number of aromatic nitrogens is 1. The number of aliphatic imine (C=N–C) groups is 1. The Bertz CT molecular complexity index is 668. The number of benzene rings is 1. The summed E-state index contributed by atoms with van der Waals surface area (Å²) in [6.07, 6.45) is 8.41. The topological polar surface area (TPSA) is 49.3 Å². The largest absolute Gasteiger partial charge is 0.353 e. The number of nitrogens with zero attached hydrogens (tertiary/aromatic N) is 2. The average molecular weight is 408 g/mol. The van der Waals surface area contributed by atoms with Crippen LogP contribution in [0.25, 0.3) is 10.9 Å². The van der Waals surface area contributed by atoms with Crippen LogP contribution in [-0.2, 0) is 6.54 Å². The van der Waals surface area contributed by atoms with Gasteiger partial charge in [0.1, 0.15) is 0 Å². The second-order valence-electron chi connectivity index (χ2n) is 5.20. The van der Waals surface area contributed by atoms with Crippen LogP contribution in [0.2, 0.25) is 0 Å². The highest BCUT2D eigenvalue weighted by atomic mass is 127. The highest BCUT2D eigenvalue weighted by Gasteiger charge is 2.11. The van der Waals surface area contributed by atoms with Crippen molar-refractivity contribution in [3.8, 4) is 0 Å². The van der Waals surface area contributed by atoms with Gasteiger partial charge in [0.2, 0.25) is 0 Å². The second kappa shape index (κ2) is 8.12. The van der Waals surface area contributed by atoms with Gasteiger partial charge in [-0.05, 0) is 30.5 Å². The number of hydrogen-bond acceptors (Lipinski definition) is 2. The Morgan fingerprint density at radius 2 is 2.00 bits per heavy atom. The Kier molecular flexibility index (Phi) is 6.18. The van der Waals surface area contributed by atoms with Crippen molar-refractivity contribution in [1.29, 1.82) is 0 Å². The van der Waals surface area contributed by atoms with E-state index >= 15 is 0 Å². The zero-order valence-corrected chi connectivity index (χ0v) is 15.0. The smallest absolute Gasteiger partial charge is 0.191 e. The molecule has 0 aliphatic heterocycles. The van der Waals surface area contributed by atoms with Crippen LogP contribution in [0.3, 0.4) is 0 Å². The Balaban J connectivity index is 0.00000176. The van der Waals surface area contributed by atoms with E-state index < -0.39 is 0 Å². The van der Waals surface area contributed by atoms with Crippen molar-refractivity contribution >= 4 is 40.8 Å². The molecule has 1 heterocycles. The van der Waals surface area contributed by atoms with Gasteiger partial charge in [0.05, 0.1) is 5.52 Å². The van der Waals surface area contributed by atoms with Crippen LogP contribution in [0.5, 0.6) is 0 Å². The van der Waals surface area contributed by atoms with Crippen molar-refractivity contribution in [3.63, 3.8) is 0 Å². The van der Waals surface area contributed by atoms with E-state index in [1.165, 1.54) is 10.9 Å². The fourth-order valence-corrected chi connectivity index (χ4v) is 2.61. The van der Waals surface area contributed by atoms with E-state index in [9.17, 15) is 0 Å². The van der Waals surface area contributed by atoms with E-state index in [0.29, 0.717) is 6.04 Å². The molecule has 3 rings (SSSR count). The number of halogens is 1. The van der Waals surface area contributed by atoms with E-state index in [-0.39, 0.29) is 24.0 Å². The van der Waals surface area contributed by atoms with Gasteiger partial charge in [-0.15, -0.1) is 24.0 Å². The van der Waals surface area contributed by atoms with E-state index in [2.05, 4.69) is 44.9 Å². The number of pyridine rings is 1. The number of para-hydroxylation sites is 1. The van der Waals surface area contributed by atoms with Crippen LogP contribution in [-0.4, -0.2) is 24.0 Å². The molecule has 0 radical (unpaired) electrons. The molecule has 0 unspecified atom stereocenters. The molecule has 0 amide bonds. The average Bonchev–Trinajstić information content (AvgIpc) is 3.04. The lowest BCUT2D eigenvalue weighted by Gasteiger charge is -2.17. The summed E-state index contributed by atoms with van der Waals surface area (Å²) in [6, 6.07) is 10.7. The first-order valence-electron chi connectivity index (χ1n) is 7.31. The third-order valence-corrected chi connectivity index (χ3v) is 3.76. The van der Waals surface area contributed by atoms with E-state index in [1.807, 2.05) is 31.4 Å². The minimum atomic E-state index is 0. The van der Waals surface area contributed by atoms with E-state index in [0.717, 1.165) is 30.9 Å². The van der Waals surface area contributed by atoms with Gasteiger partial charge in [-0.25, -0.2) is 0 Å². The lowest BCUT2D eigenvalue weighted by atomic mass is 10.1. The SMILES string of the molecule is CN=C(NCc1ccnc2ccccc12)NC1CC=CC1.I. The quantitative estimate of drug-likeness (QED) is 0.355. The molecule has 0 spiro atoms. The molecular weight excluding hydrogens is 387 g/mol. The van der Waals surface area contributed by atoms with Crippen molar-refractivity contribution in [2.45, 2.75) is 25.4 Å². The standard InChI is InChI=1S/C17H20N4.HI/c1-18-17(21-14-6-2-3-7-14)20-12-13-10-11-19-16-9-5-4-8-15(13)16;/h2-5,8-11,14H,6-7,12H2,1H3,(H2,18,20,21);1H. The Morgan fingerprint density at radius 3 is 2.77 bits per heavy atom. The summed E-state index contributed by atoms with van der Waals surface area (Å²) in [6.45, 7) is 0.739. The van der Waals surface area contributed by atoms with Gasteiger partial charge < -0.3 is 10.6 Å². The fraction of sp³-hybridized carbons (Fsp3) is 0.294. The molecule has 0 atom stereocenters. The predicted octanol–water partition coefficient (Wildman–Crippen LogP) is 3.24. The highest BCUT2D eigenvalue weighted by Crippen LogP contribution is 2.15. The normalized spacial score (nSPS) is 14.9. The van der Waals surface area contributed by atoms with Crippen molar-refractivity contribution in [3.05, 3.63) is 54.2 Å². The van der Waals surface area contributed by atoms with Gasteiger partial charge in [-0.3, -0.25) is 9.98 Å². The first-order valence-corrected chi connectivity index (χ1v) is 7.31. The predicted molar refractivity (Wildman–Crippen MR) is 103 cm³/mol. The third-order valence-electron chi connectivity index (χ3n) is 3.76. The maximum absolute atomic E-state index is 4.39. The fourth-order valence-electron chi connectivity index (χ4n) is 2.61. The van der Waals surface area contributed by atoms with Gasteiger partial charge in [0.25, 0.3) is 0 Å². The summed E-state index contributed by atoms with van der Waals surface area (Å²) >= 11 is 0. The minimum absolute atomic E-state index is 0. The number of guanidine groups is 1. The summed E-state index contributed by atoms with van der Waals surface area (Å²) in [5.41, 5.74) is 2.26. The molecule has 116 valence electrons. The molecule has 2 N–H and O–H groups in total. The zero-order chi connectivity index (χ0) is 14.5. The maximum Gasteiger partial charge on any atom is 0.191 e. The maximum atomic E-state index is 4.39. The minimum Gasteiger partial charge on any atom is -0.353 e. The first-order chi connectivity index (χ1) is 10.4. The molecular formula is C17H21IN4. The van der Waals surface area contributed by atoms with Gasteiger partial charge in [-0.1, -0.05) is 30.4 Å². The second-order valence-corrected chi connectivity index (χ2v) is 5.20. The molecule has 0 saturated heterocycles. The monoisotopic (exact) mass is 408 g/mol. The van der Waals surface area contributed by atoms with Gasteiger partial charge in [0, 0.05) is 31.2 Å². The summed E-state index contributed by atoms with van der Waals surface area (Å²) in [4.78, 5) is 8.69. The van der Waals surface area contributed by atoms with Crippen LogP contribution in [0.4, 0.5) is 0 Å². The molecule has 1 aliphatic rings. The van der Waals surface area contributed by atoms with Crippen LogP contribution < -0.4 is 10.6 Å². The van der Waals surface area contributed by atoms with E-state index in [4.69, 9.17) is 0 Å². The summed E-state index contributed by atoms with van der Waals surface area (Å²) in [5.74, 6) is 0.851. The number of fused-ring (bicyclic) bond motifs is 1. The van der Waals surface area contributed by atoms with Crippen molar-refractivity contribution in [2.24, 2.45) is 4.99 Å². The molecule has 0 fully saturated rings. The van der Waals surface area contributed by atoms with Crippen molar-refractivity contribution < 1.29 is 0 Å². The number of nitrogens with one attached hydrogen (secondary N) is 2. The molecule has 5 heteroatoms. The van der Waals surface area contributed by atoms with Gasteiger partial charge >= 0.3 is 0 Å². The first kappa shape index (κ1) is 16.7. The van der Waals surface area contributed by atoms with Crippen LogP contribution in [0.1, 0.15) is 18.4 Å². The van der Waals surface area contributed by atoms with Gasteiger partial charge in [0.15, 0.2) is 5.96 Å². The van der Waals surface area contributed by atoms with Crippen LogP contribution in [0.15, 0.2) is 53.7 Å². The summed E-state index contributed by atoms with van der Waals surface area (Å²) in [7, 11) is 1.81. The Morgan fingerprint density at radius 1 is 1.23 bits per heavy atom. The third kappa shape index (κ3) is 3.97. The molecule has 0 saturated carbocycles. The Labute approximate surface area is 148 Å². The molecule has 2 aromatic rings. The molecule has 1 aromatic heterocycles. The highest BCUT2D eigenvalue weighted by molar-refractivity contribution is 14.0. The van der Waals surface area contributed by atoms with Crippen molar-refractivity contribution in [2.75, 3.05) is 7.05 Å². The van der Waals surface area contributed by atoms with Crippen LogP contribution >= 0.6 is 24.0 Å². The molecule has 1 aliphatic carbocycles. The number of rotatable bonds is 3. The molecule has 0 bridgehead atoms. The molecule has 4 nitrogen and oxygen atoms in total. The lowest BCUT2D eigenvalue weighted by molar-refractivity contribution is 0.633. The van der Waals surface area contributed by atoms with Crippen LogP contribution in [0, 0.1) is 0 Å². The molecule has 22 heavy (non-hydrogen) atoms. The lowest BCUT2D eigenvalue weighted by Crippen LogP contribution is -2.42. The van der Waals surface area contributed by atoms with Crippen molar-refractivity contribution in [1.82, 2.24) is 15.6 Å². The van der Waals surface area contributed by atoms with Gasteiger partial charge in [-0.2, -0.15) is 0 Å². The number of hydrogen-bond donors (Lipinski definition) is 2. The zero-order valence-electron chi connectivity index (χ0n) is 12.6.